The molecule has 160 valence electrons. The monoisotopic (exact) mass is 439 g/mol. The first-order chi connectivity index (χ1) is 13.9. The molecule has 3 heterocycles. The third kappa shape index (κ3) is 4.54. The molecule has 3 saturated heterocycles. The van der Waals surface area contributed by atoms with Crippen LogP contribution in [-0.4, -0.2) is 65.0 Å². The van der Waals surface area contributed by atoms with Crippen molar-refractivity contribution in [2.45, 2.75) is 36.1 Å². The second-order valence-corrected chi connectivity index (χ2v) is 10.7. The van der Waals surface area contributed by atoms with E-state index in [1.54, 1.807) is 23.9 Å². The molecule has 0 saturated carbocycles. The average Bonchev–Trinajstić information content (AvgIpc) is 3.00. The Bertz CT molecular complexity index is 733. The van der Waals surface area contributed by atoms with Crippen LogP contribution >= 0.6 is 23.5 Å². The van der Waals surface area contributed by atoms with E-state index in [2.05, 4.69) is 24.5 Å². The lowest BCUT2D eigenvalue weighted by Gasteiger charge is -2.40. The molecule has 1 aromatic rings. The zero-order chi connectivity index (χ0) is 20.5. The number of fused-ring (bicyclic) bond motifs is 1. The van der Waals surface area contributed by atoms with Crippen LogP contribution in [0.25, 0.3) is 0 Å². The van der Waals surface area contributed by atoms with Gasteiger partial charge in [-0.1, -0.05) is 26.0 Å². The Morgan fingerprint density at radius 1 is 1.24 bits per heavy atom. The first kappa shape index (κ1) is 21.2. The second-order valence-electron chi connectivity index (χ2n) is 8.07. The highest BCUT2D eigenvalue weighted by Gasteiger charge is 2.46. The summed E-state index contributed by atoms with van der Waals surface area (Å²) in [6.07, 6.45) is -0.0504. The minimum atomic E-state index is -0.208. The van der Waals surface area contributed by atoms with Crippen LogP contribution in [0.5, 0.6) is 0 Å². The molecule has 0 bridgehead atoms. The highest BCUT2D eigenvalue weighted by molar-refractivity contribution is 8.01. The fourth-order valence-corrected chi connectivity index (χ4v) is 7.21. The van der Waals surface area contributed by atoms with Gasteiger partial charge in [0.15, 0.2) is 0 Å². The van der Waals surface area contributed by atoms with Crippen molar-refractivity contribution in [1.82, 2.24) is 15.5 Å². The summed E-state index contributed by atoms with van der Waals surface area (Å²) >= 11 is 3.52. The number of carbonyl (C=O) groups is 1. The molecule has 6 nitrogen and oxygen atoms in total. The fourth-order valence-electron chi connectivity index (χ4n) is 4.43. The molecule has 6 atom stereocenters. The van der Waals surface area contributed by atoms with Crippen LogP contribution < -0.4 is 21.3 Å². The van der Waals surface area contributed by atoms with Gasteiger partial charge in [0.05, 0.1) is 23.0 Å². The summed E-state index contributed by atoms with van der Waals surface area (Å²) in [5.74, 6) is 1.31. The Morgan fingerprint density at radius 2 is 1.97 bits per heavy atom. The summed E-state index contributed by atoms with van der Waals surface area (Å²) in [6.45, 7) is 7.07. The molecule has 0 radical (unpaired) electrons. The van der Waals surface area contributed by atoms with Gasteiger partial charge < -0.3 is 15.5 Å². The Hall–Kier alpha value is -1.00. The normalized spacial score (nSPS) is 34.9. The quantitative estimate of drug-likeness (QED) is 0.659. The van der Waals surface area contributed by atoms with E-state index in [9.17, 15) is 9.18 Å². The molecule has 4 N–H and O–H groups in total. The molecule has 0 aliphatic carbocycles. The van der Waals surface area contributed by atoms with Gasteiger partial charge in [-0.25, -0.2) is 4.39 Å². The van der Waals surface area contributed by atoms with E-state index in [1.807, 2.05) is 27.6 Å². The van der Waals surface area contributed by atoms with Crippen molar-refractivity contribution >= 4 is 35.1 Å². The summed E-state index contributed by atoms with van der Waals surface area (Å²) in [5, 5.41) is 7.97. The third-order valence-electron chi connectivity index (χ3n) is 6.33. The second kappa shape index (κ2) is 9.01. The molecule has 1 amide bonds. The number of benzene rings is 1. The predicted octanol–water partition coefficient (Wildman–Crippen LogP) is 1.68. The van der Waals surface area contributed by atoms with E-state index >= 15 is 0 Å². The van der Waals surface area contributed by atoms with Gasteiger partial charge >= 0.3 is 0 Å². The Labute approximate surface area is 180 Å². The van der Waals surface area contributed by atoms with Crippen molar-refractivity contribution in [3.63, 3.8) is 0 Å². The summed E-state index contributed by atoms with van der Waals surface area (Å²) in [7, 11) is 0. The third-order valence-corrected chi connectivity index (χ3v) is 8.95. The van der Waals surface area contributed by atoms with Crippen LogP contribution in [0.4, 0.5) is 10.1 Å². The van der Waals surface area contributed by atoms with Crippen molar-refractivity contribution < 1.29 is 9.18 Å². The highest BCUT2D eigenvalue weighted by Crippen LogP contribution is 2.44. The van der Waals surface area contributed by atoms with Crippen molar-refractivity contribution in [2.75, 3.05) is 36.8 Å². The number of hydrogen-bond donors (Lipinski definition) is 3. The van der Waals surface area contributed by atoms with E-state index in [4.69, 9.17) is 5.73 Å². The van der Waals surface area contributed by atoms with Gasteiger partial charge in [-0.2, -0.15) is 0 Å². The molecular formula is C20H30FN5OS2. The zero-order valence-electron chi connectivity index (χ0n) is 16.9. The Balaban J connectivity index is 1.24. The summed E-state index contributed by atoms with van der Waals surface area (Å²) in [5.41, 5.74) is 6.99. The Kier molecular flexibility index (Phi) is 6.60. The Morgan fingerprint density at radius 3 is 2.69 bits per heavy atom. The average molecular weight is 440 g/mol. The molecule has 0 aromatic heterocycles. The van der Waals surface area contributed by atoms with Crippen molar-refractivity contribution in [1.29, 1.82) is 0 Å². The van der Waals surface area contributed by atoms with Crippen molar-refractivity contribution in [3.8, 4) is 0 Å². The van der Waals surface area contributed by atoms with Gasteiger partial charge in [0, 0.05) is 37.3 Å². The van der Waals surface area contributed by atoms with Crippen molar-refractivity contribution in [3.05, 3.63) is 30.1 Å². The van der Waals surface area contributed by atoms with Crippen molar-refractivity contribution in [2.24, 2.45) is 17.6 Å². The number of rotatable bonds is 4. The number of carbonyl (C=O) groups excluding carboxylic acids is 1. The molecule has 3 aliphatic rings. The number of hydrogen-bond acceptors (Lipinski definition) is 7. The highest BCUT2D eigenvalue weighted by atomic mass is 32.2. The lowest BCUT2D eigenvalue weighted by atomic mass is 9.88. The number of halogens is 1. The number of amides is 1. The lowest BCUT2D eigenvalue weighted by molar-refractivity contribution is -0.128. The van der Waals surface area contributed by atoms with Crippen LogP contribution in [0.1, 0.15) is 13.8 Å². The number of nitrogens with one attached hydrogen (secondary N) is 2. The predicted molar refractivity (Wildman–Crippen MR) is 119 cm³/mol. The molecule has 1 aromatic carbocycles. The van der Waals surface area contributed by atoms with E-state index in [0.29, 0.717) is 60.1 Å². The van der Waals surface area contributed by atoms with Crippen LogP contribution in [0.2, 0.25) is 0 Å². The standard InChI is InChI=1S/C20H30FN5OS2/c1-12-13(2)29-19-17(12)18(22)23-20(24-19)28-11-16(27)26-9-7-25(8-10-26)15-6-4-3-5-14(15)21/h3-6,12-13,17-20,23-24H,7-11,22H2,1-2H3. The van der Waals surface area contributed by atoms with E-state index in [1.165, 1.54) is 6.07 Å². The number of para-hydroxylation sites is 1. The molecule has 0 spiro atoms. The maximum atomic E-state index is 14.0. The largest absolute Gasteiger partial charge is 0.366 e. The van der Waals surface area contributed by atoms with E-state index in [0.717, 1.165) is 0 Å². The van der Waals surface area contributed by atoms with Crippen LogP contribution in [0, 0.1) is 17.7 Å². The van der Waals surface area contributed by atoms with Gasteiger partial charge in [-0.3, -0.25) is 15.4 Å². The molecule has 29 heavy (non-hydrogen) atoms. The maximum Gasteiger partial charge on any atom is 0.232 e. The number of piperazine rings is 1. The molecule has 3 aliphatic heterocycles. The van der Waals surface area contributed by atoms with E-state index < -0.39 is 0 Å². The number of thioether (sulfide) groups is 2. The summed E-state index contributed by atoms with van der Waals surface area (Å²) in [4.78, 5) is 16.6. The number of nitrogens with zero attached hydrogens (tertiary/aromatic N) is 2. The molecular weight excluding hydrogens is 409 g/mol. The molecule has 6 unspecified atom stereocenters. The lowest BCUT2D eigenvalue weighted by Crippen LogP contribution is -2.64. The number of anilines is 1. The zero-order valence-corrected chi connectivity index (χ0v) is 18.5. The van der Waals surface area contributed by atoms with Crippen LogP contribution in [-0.2, 0) is 4.79 Å². The minimum Gasteiger partial charge on any atom is -0.366 e. The summed E-state index contributed by atoms with van der Waals surface area (Å²) < 4.78 is 14.0. The first-order valence-electron chi connectivity index (χ1n) is 10.3. The number of nitrogens with two attached hydrogens (primary N) is 1. The van der Waals surface area contributed by atoms with Gasteiger partial charge in [0.1, 0.15) is 11.3 Å². The maximum absolute atomic E-state index is 14.0. The molecule has 3 fully saturated rings. The van der Waals surface area contributed by atoms with Gasteiger partial charge in [0.25, 0.3) is 0 Å². The smallest absolute Gasteiger partial charge is 0.232 e. The van der Waals surface area contributed by atoms with Crippen LogP contribution in [0.3, 0.4) is 0 Å². The van der Waals surface area contributed by atoms with Gasteiger partial charge in [-0.05, 0) is 18.1 Å². The van der Waals surface area contributed by atoms with E-state index in [-0.39, 0.29) is 23.4 Å². The minimum absolute atomic E-state index is 0.0140. The van der Waals surface area contributed by atoms with Gasteiger partial charge in [-0.15, -0.1) is 23.5 Å². The first-order valence-corrected chi connectivity index (χ1v) is 12.2. The van der Waals surface area contributed by atoms with Gasteiger partial charge in [0.2, 0.25) is 5.91 Å². The topological polar surface area (TPSA) is 73.6 Å². The summed E-state index contributed by atoms with van der Waals surface area (Å²) in [6, 6.07) is 6.81. The fraction of sp³-hybridized carbons (Fsp3) is 0.650. The molecule has 4 rings (SSSR count). The SMILES string of the molecule is CC1SC2NC(SCC(=O)N3CCN(c4ccccc4F)CC3)NC(N)C2C1C. The van der Waals surface area contributed by atoms with Crippen LogP contribution in [0.15, 0.2) is 24.3 Å². The molecule has 9 heteroatoms.